The van der Waals surface area contributed by atoms with Gasteiger partial charge in [-0.2, -0.15) is 0 Å². The number of aryl methyl sites for hydroxylation is 1. The Morgan fingerprint density at radius 2 is 1.53 bits per heavy atom. The lowest BCUT2D eigenvalue weighted by Crippen LogP contribution is -2.25. The summed E-state index contributed by atoms with van der Waals surface area (Å²) in [4.78, 5) is 12.4. The van der Waals surface area contributed by atoms with Crippen molar-refractivity contribution in [3.05, 3.63) is 54.1 Å². The van der Waals surface area contributed by atoms with Crippen LogP contribution in [0.1, 0.15) is 31.7 Å². The minimum atomic E-state index is -3.47. The van der Waals surface area contributed by atoms with E-state index in [0.29, 0.717) is 17.8 Å². The predicted molar refractivity (Wildman–Crippen MR) is 116 cm³/mol. The average molecular weight is 452 g/mol. The summed E-state index contributed by atoms with van der Waals surface area (Å²) in [6.07, 6.45) is 2.46. The quantitative estimate of drug-likeness (QED) is 0.512. The monoisotopic (exact) mass is 451 g/mol. The Morgan fingerprint density at radius 1 is 0.933 bits per heavy atom. The van der Waals surface area contributed by atoms with Gasteiger partial charge in [-0.05, 0) is 68.1 Å². The van der Waals surface area contributed by atoms with Gasteiger partial charge in [0.1, 0.15) is 0 Å². The first-order valence-electron chi connectivity index (χ1n) is 9.68. The number of nitrogens with one attached hydrogen (secondary N) is 3. The van der Waals surface area contributed by atoms with E-state index in [1.54, 1.807) is 55.5 Å². The Balaban J connectivity index is 1.49. The molecule has 3 rings (SSSR count). The number of carbonyl (C=O) groups excluding carboxylic acids is 1. The second kappa shape index (κ2) is 9.15. The standard InChI is InChI=1S/C20H25N3O5S2/c1-2-29(25,26)22-17-8-6-16(7-9-17)21-20(24)14-5-15-3-12-19(13-4-15)30(27,28)23-18-10-11-18/h3-4,6-9,12-13,18,22-23H,2,5,10-11,14H2,1H3,(H,21,24). The molecule has 0 spiro atoms. The van der Waals surface area contributed by atoms with Crippen LogP contribution in [-0.4, -0.2) is 34.5 Å². The molecule has 1 amide bonds. The smallest absolute Gasteiger partial charge is 0.240 e. The zero-order valence-corrected chi connectivity index (χ0v) is 18.2. The van der Waals surface area contributed by atoms with Crippen LogP contribution in [0.15, 0.2) is 53.4 Å². The highest BCUT2D eigenvalue weighted by atomic mass is 32.2. The van der Waals surface area contributed by atoms with Crippen LogP contribution < -0.4 is 14.8 Å². The highest BCUT2D eigenvalue weighted by molar-refractivity contribution is 7.92. The summed E-state index contributed by atoms with van der Waals surface area (Å²) in [6, 6.07) is 13.0. The van der Waals surface area contributed by atoms with Crippen LogP contribution in [-0.2, 0) is 31.3 Å². The van der Waals surface area contributed by atoms with Crippen molar-refractivity contribution in [2.24, 2.45) is 0 Å². The molecule has 2 aromatic carbocycles. The third-order valence-corrected chi connectivity index (χ3v) is 7.44. The molecule has 2 aromatic rings. The lowest BCUT2D eigenvalue weighted by atomic mass is 10.1. The van der Waals surface area contributed by atoms with Crippen molar-refractivity contribution in [2.75, 3.05) is 15.8 Å². The van der Waals surface area contributed by atoms with Gasteiger partial charge in [0.05, 0.1) is 10.6 Å². The first-order valence-corrected chi connectivity index (χ1v) is 12.8. The summed E-state index contributed by atoms with van der Waals surface area (Å²) in [6.45, 7) is 1.55. The number of hydrogen-bond donors (Lipinski definition) is 3. The van der Waals surface area contributed by atoms with E-state index in [2.05, 4.69) is 14.8 Å². The first-order chi connectivity index (χ1) is 14.2. The number of hydrogen-bond acceptors (Lipinski definition) is 5. The molecule has 0 radical (unpaired) electrons. The van der Waals surface area contributed by atoms with Gasteiger partial charge in [-0.15, -0.1) is 0 Å². The molecule has 162 valence electrons. The van der Waals surface area contributed by atoms with E-state index in [1.165, 1.54) is 0 Å². The van der Waals surface area contributed by atoms with Gasteiger partial charge < -0.3 is 5.32 Å². The maximum absolute atomic E-state index is 12.2. The zero-order valence-electron chi connectivity index (χ0n) is 16.6. The van der Waals surface area contributed by atoms with Crippen molar-refractivity contribution >= 4 is 37.3 Å². The summed E-state index contributed by atoms with van der Waals surface area (Å²) >= 11 is 0. The molecule has 10 heteroatoms. The van der Waals surface area contributed by atoms with Crippen LogP contribution in [0.3, 0.4) is 0 Å². The maximum atomic E-state index is 12.2. The normalized spacial score (nSPS) is 14.3. The Labute approximate surface area is 177 Å². The van der Waals surface area contributed by atoms with Gasteiger partial charge in [0, 0.05) is 23.8 Å². The minimum Gasteiger partial charge on any atom is -0.326 e. The van der Waals surface area contributed by atoms with Crippen LogP contribution in [0.5, 0.6) is 0 Å². The molecule has 0 saturated heterocycles. The van der Waals surface area contributed by atoms with E-state index in [9.17, 15) is 21.6 Å². The Morgan fingerprint density at radius 3 is 2.10 bits per heavy atom. The van der Waals surface area contributed by atoms with E-state index in [4.69, 9.17) is 0 Å². The van der Waals surface area contributed by atoms with E-state index < -0.39 is 20.0 Å². The van der Waals surface area contributed by atoms with Crippen molar-refractivity contribution in [1.29, 1.82) is 0 Å². The lowest BCUT2D eigenvalue weighted by molar-refractivity contribution is -0.116. The average Bonchev–Trinajstić information content (AvgIpc) is 3.51. The van der Waals surface area contributed by atoms with E-state index in [1.807, 2.05) is 0 Å². The molecule has 0 atom stereocenters. The Bertz CT molecular complexity index is 1090. The van der Waals surface area contributed by atoms with Gasteiger partial charge in [0.25, 0.3) is 0 Å². The lowest BCUT2D eigenvalue weighted by Gasteiger charge is -2.09. The fraction of sp³-hybridized carbons (Fsp3) is 0.350. The molecule has 1 fully saturated rings. The van der Waals surface area contributed by atoms with Crippen LogP contribution >= 0.6 is 0 Å². The van der Waals surface area contributed by atoms with E-state index in [0.717, 1.165) is 18.4 Å². The molecule has 0 heterocycles. The van der Waals surface area contributed by atoms with Crippen LogP contribution in [0.4, 0.5) is 11.4 Å². The number of amides is 1. The van der Waals surface area contributed by atoms with Crippen LogP contribution in [0, 0.1) is 0 Å². The minimum absolute atomic E-state index is 0.0184. The highest BCUT2D eigenvalue weighted by Gasteiger charge is 2.27. The summed E-state index contributed by atoms with van der Waals surface area (Å²) < 4.78 is 52.5. The van der Waals surface area contributed by atoms with Crippen LogP contribution in [0.25, 0.3) is 0 Å². The summed E-state index contributed by atoms with van der Waals surface area (Å²) in [5.41, 5.74) is 1.85. The van der Waals surface area contributed by atoms with Gasteiger partial charge in [-0.25, -0.2) is 21.6 Å². The molecule has 1 aliphatic rings. The maximum Gasteiger partial charge on any atom is 0.240 e. The van der Waals surface area contributed by atoms with Crippen LogP contribution in [0.2, 0.25) is 0 Å². The molecule has 0 aliphatic heterocycles. The molecule has 8 nitrogen and oxygen atoms in total. The third-order valence-electron chi connectivity index (χ3n) is 4.60. The number of benzene rings is 2. The fourth-order valence-corrected chi connectivity index (χ4v) is 4.62. The largest absolute Gasteiger partial charge is 0.326 e. The van der Waals surface area contributed by atoms with Crippen molar-refractivity contribution in [3.63, 3.8) is 0 Å². The highest BCUT2D eigenvalue weighted by Crippen LogP contribution is 2.22. The number of sulfonamides is 2. The third kappa shape index (κ3) is 6.54. The zero-order chi connectivity index (χ0) is 21.8. The molecular weight excluding hydrogens is 426 g/mol. The SMILES string of the molecule is CCS(=O)(=O)Nc1ccc(NC(=O)CCc2ccc(S(=O)(=O)NC3CC3)cc2)cc1. The Hall–Kier alpha value is -2.43. The molecule has 0 unspecified atom stereocenters. The van der Waals surface area contributed by atoms with Crippen molar-refractivity contribution in [2.45, 2.75) is 43.5 Å². The molecule has 3 N–H and O–H groups in total. The van der Waals surface area contributed by atoms with Gasteiger partial charge in [0.2, 0.25) is 26.0 Å². The topological polar surface area (TPSA) is 121 Å². The second-order valence-corrected chi connectivity index (χ2v) is 10.9. The van der Waals surface area contributed by atoms with Gasteiger partial charge >= 0.3 is 0 Å². The summed E-state index contributed by atoms with van der Waals surface area (Å²) in [5, 5.41) is 2.76. The van der Waals surface area contributed by atoms with Crippen molar-refractivity contribution in [1.82, 2.24) is 4.72 Å². The van der Waals surface area contributed by atoms with Crippen molar-refractivity contribution < 1.29 is 21.6 Å². The fourth-order valence-electron chi connectivity index (χ4n) is 2.68. The molecule has 0 bridgehead atoms. The van der Waals surface area contributed by atoms with Gasteiger partial charge in [0.15, 0.2) is 0 Å². The summed E-state index contributed by atoms with van der Waals surface area (Å²) in [5.74, 6) is -0.209. The van der Waals surface area contributed by atoms with E-state index in [-0.39, 0.29) is 29.0 Å². The van der Waals surface area contributed by atoms with Gasteiger partial charge in [-0.1, -0.05) is 12.1 Å². The molecule has 1 saturated carbocycles. The molecule has 1 aliphatic carbocycles. The number of carbonyl (C=O) groups is 1. The molecule has 30 heavy (non-hydrogen) atoms. The first kappa shape index (κ1) is 22.3. The van der Waals surface area contributed by atoms with Crippen molar-refractivity contribution in [3.8, 4) is 0 Å². The van der Waals surface area contributed by atoms with Gasteiger partial charge in [-0.3, -0.25) is 9.52 Å². The number of rotatable bonds is 10. The molecule has 0 aromatic heterocycles. The molecular formula is C20H25N3O5S2. The van der Waals surface area contributed by atoms with E-state index >= 15 is 0 Å². The second-order valence-electron chi connectivity index (χ2n) is 7.17. The summed E-state index contributed by atoms with van der Waals surface area (Å²) in [7, 11) is -6.82. The Kier molecular flexibility index (Phi) is 6.79. The predicted octanol–water partition coefficient (Wildman–Crippen LogP) is 2.46. The number of anilines is 2.